The van der Waals surface area contributed by atoms with Gasteiger partial charge in [0.2, 0.25) is 0 Å². The SMILES string of the molecule is c1ccc(-n2c3ccccc3c3cc4c(cc32)c2ccccc2n4-c2ccc3c(n2)c2ccccc2n3-c2ccccc2)cc1. The molecule has 6 aromatic carbocycles. The molecule has 4 aromatic heterocycles. The fourth-order valence-corrected chi connectivity index (χ4v) is 7.33. The lowest BCUT2D eigenvalue weighted by Crippen LogP contribution is -1.98. The van der Waals surface area contributed by atoms with Gasteiger partial charge >= 0.3 is 0 Å². The molecular weight excluding hydrogens is 548 g/mol. The summed E-state index contributed by atoms with van der Waals surface area (Å²) in [7, 11) is 0. The molecule has 0 spiro atoms. The smallest absolute Gasteiger partial charge is 0.138 e. The maximum absolute atomic E-state index is 5.42. The molecule has 4 nitrogen and oxygen atoms in total. The second-order valence-electron chi connectivity index (χ2n) is 11.7. The van der Waals surface area contributed by atoms with E-state index in [1.54, 1.807) is 0 Å². The van der Waals surface area contributed by atoms with Crippen molar-refractivity contribution in [2.24, 2.45) is 0 Å². The van der Waals surface area contributed by atoms with E-state index in [9.17, 15) is 0 Å². The lowest BCUT2D eigenvalue weighted by Gasteiger charge is -2.10. The molecule has 0 aliphatic carbocycles. The Morgan fingerprint density at radius 3 is 1.36 bits per heavy atom. The Balaban J connectivity index is 1.31. The van der Waals surface area contributed by atoms with Crippen LogP contribution in [0, 0.1) is 0 Å². The Morgan fingerprint density at radius 2 is 0.756 bits per heavy atom. The molecule has 10 rings (SSSR count). The highest BCUT2D eigenvalue weighted by atomic mass is 15.1. The van der Waals surface area contributed by atoms with Crippen LogP contribution in [0.2, 0.25) is 0 Å². The minimum absolute atomic E-state index is 0.913. The molecule has 10 aromatic rings. The van der Waals surface area contributed by atoms with Gasteiger partial charge in [-0.1, -0.05) is 91.0 Å². The Morgan fingerprint density at radius 1 is 0.311 bits per heavy atom. The monoisotopic (exact) mass is 574 g/mol. The molecule has 0 saturated carbocycles. The van der Waals surface area contributed by atoms with Crippen LogP contribution in [0.3, 0.4) is 0 Å². The van der Waals surface area contributed by atoms with Crippen molar-refractivity contribution in [2.75, 3.05) is 0 Å². The summed E-state index contributed by atoms with van der Waals surface area (Å²) in [5.41, 5.74) is 10.2. The van der Waals surface area contributed by atoms with E-state index in [4.69, 9.17) is 4.98 Å². The highest BCUT2D eigenvalue weighted by molar-refractivity contribution is 6.19. The zero-order valence-corrected chi connectivity index (χ0v) is 24.3. The third kappa shape index (κ3) is 3.39. The number of benzene rings is 6. The Bertz CT molecular complexity index is 2750. The minimum atomic E-state index is 0.913. The van der Waals surface area contributed by atoms with E-state index in [0.717, 1.165) is 50.2 Å². The number of nitrogens with zero attached hydrogens (tertiary/aromatic N) is 4. The Kier molecular flexibility index (Phi) is 4.96. The van der Waals surface area contributed by atoms with Gasteiger partial charge in [-0.05, 0) is 66.7 Å². The normalized spacial score (nSPS) is 12.0. The highest BCUT2D eigenvalue weighted by Crippen LogP contribution is 2.40. The molecule has 0 unspecified atom stereocenters. The van der Waals surface area contributed by atoms with E-state index in [1.807, 2.05) is 0 Å². The number of aromatic nitrogens is 4. The predicted molar refractivity (Wildman–Crippen MR) is 187 cm³/mol. The molecule has 4 heterocycles. The van der Waals surface area contributed by atoms with E-state index < -0.39 is 0 Å². The summed E-state index contributed by atoms with van der Waals surface area (Å²) in [4.78, 5) is 5.42. The van der Waals surface area contributed by atoms with Gasteiger partial charge in [-0.2, -0.15) is 0 Å². The number of hydrogen-bond acceptors (Lipinski definition) is 1. The van der Waals surface area contributed by atoms with Gasteiger partial charge in [0.15, 0.2) is 0 Å². The third-order valence-corrected chi connectivity index (χ3v) is 9.22. The van der Waals surface area contributed by atoms with Crippen molar-refractivity contribution >= 4 is 65.5 Å². The first-order valence-corrected chi connectivity index (χ1v) is 15.3. The molecule has 4 heteroatoms. The Hall–Kier alpha value is -6.13. The van der Waals surface area contributed by atoms with E-state index >= 15 is 0 Å². The fraction of sp³-hybridized carbons (Fsp3) is 0. The average molecular weight is 575 g/mol. The molecule has 0 saturated heterocycles. The fourth-order valence-electron chi connectivity index (χ4n) is 7.33. The topological polar surface area (TPSA) is 27.7 Å². The lowest BCUT2D eigenvalue weighted by molar-refractivity contribution is 1.10. The number of hydrogen-bond donors (Lipinski definition) is 0. The molecular formula is C41H26N4. The lowest BCUT2D eigenvalue weighted by atomic mass is 10.1. The van der Waals surface area contributed by atoms with E-state index in [1.165, 1.54) is 32.6 Å². The van der Waals surface area contributed by atoms with Gasteiger partial charge in [0.05, 0.1) is 38.6 Å². The first-order valence-electron chi connectivity index (χ1n) is 15.3. The van der Waals surface area contributed by atoms with Crippen LogP contribution in [0.5, 0.6) is 0 Å². The van der Waals surface area contributed by atoms with Crippen molar-refractivity contribution < 1.29 is 0 Å². The van der Waals surface area contributed by atoms with Gasteiger partial charge < -0.3 is 9.13 Å². The quantitative estimate of drug-likeness (QED) is 0.206. The predicted octanol–water partition coefficient (Wildman–Crippen LogP) is 10.4. The molecule has 0 N–H and O–H groups in total. The van der Waals surface area contributed by atoms with Crippen molar-refractivity contribution in [3.8, 4) is 17.2 Å². The molecule has 0 atom stereocenters. The summed E-state index contributed by atoms with van der Waals surface area (Å²) in [6, 6.07) is 56.3. The average Bonchev–Trinajstić information content (AvgIpc) is 3.73. The minimum Gasteiger partial charge on any atom is -0.309 e. The third-order valence-electron chi connectivity index (χ3n) is 9.22. The molecule has 0 amide bonds. The van der Waals surface area contributed by atoms with Crippen LogP contribution in [-0.4, -0.2) is 18.7 Å². The van der Waals surface area contributed by atoms with Crippen LogP contribution in [0.1, 0.15) is 0 Å². The van der Waals surface area contributed by atoms with Crippen LogP contribution in [0.25, 0.3) is 82.7 Å². The van der Waals surface area contributed by atoms with Crippen LogP contribution >= 0.6 is 0 Å². The zero-order valence-electron chi connectivity index (χ0n) is 24.3. The highest BCUT2D eigenvalue weighted by Gasteiger charge is 2.20. The van der Waals surface area contributed by atoms with Crippen molar-refractivity contribution in [1.29, 1.82) is 0 Å². The van der Waals surface area contributed by atoms with Gasteiger partial charge in [-0.15, -0.1) is 0 Å². The Labute approximate surface area is 258 Å². The van der Waals surface area contributed by atoms with Crippen LogP contribution < -0.4 is 0 Å². The van der Waals surface area contributed by atoms with Gasteiger partial charge in [-0.25, -0.2) is 4.98 Å². The number of para-hydroxylation sites is 5. The molecule has 0 radical (unpaired) electrons. The number of fused-ring (bicyclic) bond motifs is 9. The van der Waals surface area contributed by atoms with Crippen molar-refractivity contribution in [1.82, 2.24) is 18.7 Å². The van der Waals surface area contributed by atoms with Crippen LogP contribution in [0.4, 0.5) is 0 Å². The molecule has 0 aliphatic rings. The molecule has 0 aliphatic heterocycles. The van der Waals surface area contributed by atoms with Crippen molar-refractivity contribution in [3.05, 3.63) is 158 Å². The van der Waals surface area contributed by atoms with E-state index in [2.05, 4.69) is 171 Å². The summed E-state index contributed by atoms with van der Waals surface area (Å²) < 4.78 is 7.04. The second kappa shape index (κ2) is 9.18. The molecule has 0 bridgehead atoms. The standard InChI is InChI=1S/C41H26N4/c1-3-13-27(14-4-1)43-36-22-12-9-19-31(36)41-37(43)23-24-40(42-41)45-35-21-11-8-18-30(35)33-25-38-32(26-39(33)45)29-17-7-10-20-34(29)44(38)28-15-5-2-6-16-28/h1-26H. The summed E-state index contributed by atoms with van der Waals surface area (Å²) in [6.45, 7) is 0. The van der Waals surface area contributed by atoms with Gasteiger partial charge in [0.25, 0.3) is 0 Å². The summed E-state index contributed by atoms with van der Waals surface area (Å²) in [5, 5.41) is 6.05. The zero-order chi connectivity index (χ0) is 29.5. The van der Waals surface area contributed by atoms with Gasteiger partial charge in [-0.3, -0.25) is 4.57 Å². The number of rotatable bonds is 3. The van der Waals surface area contributed by atoms with Gasteiger partial charge in [0, 0.05) is 38.3 Å². The summed E-state index contributed by atoms with van der Waals surface area (Å²) >= 11 is 0. The van der Waals surface area contributed by atoms with Crippen LogP contribution in [0.15, 0.2) is 158 Å². The van der Waals surface area contributed by atoms with Crippen LogP contribution in [-0.2, 0) is 0 Å². The maximum atomic E-state index is 5.42. The van der Waals surface area contributed by atoms with Crippen molar-refractivity contribution in [2.45, 2.75) is 0 Å². The summed E-state index contributed by atoms with van der Waals surface area (Å²) in [5.74, 6) is 0.913. The first kappa shape index (κ1) is 24.3. The largest absolute Gasteiger partial charge is 0.309 e. The first-order chi connectivity index (χ1) is 22.3. The van der Waals surface area contributed by atoms with Crippen molar-refractivity contribution in [3.63, 3.8) is 0 Å². The molecule has 45 heavy (non-hydrogen) atoms. The van der Waals surface area contributed by atoms with E-state index in [0.29, 0.717) is 0 Å². The summed E-state index contributed by atoms with van der Waals surface area (Å²) in [6.07, 6.45) is 0. The maximum Gasteiger partial charge on any atom is 0.138 e. The number of pyridine rings is 1. The second-order valence-corrected chi connectivity index (χ2v) is 11.7. The van der Waals surface area contributed by atoms with Gasteiger partial charge in [0.1, 0.15) is 5.82 Å². The molecule has 0 fully saturated rings. The molecule has 210 valence electrons. The van der Waals surface area contributed by atoms with E-state index in [-0.39, 0.29) is 0 Å².